The summed E-state index contributed by atoms with van der Waals surface area (Å²) < 4.78 is 33.8. The van der Waals surface area contributed by atoms with Crippen LogP contribution in [0.2, 0.25) is 0 Å². The zero-order valence-electron chi connectivity index (χ0n) is 10.6. The van der Waals surface area contributed by atoms with Crippen LogP contribution in [0, 0.1) is 0 Å². The summed E-state index contributed by atoms with van der Waals surface area (Å²) in [5, 5.41) is 4.76. The molecule has 2 rings (SSSR count). The molecule has 0 N–H and O–H groups in total. The van der Waals surface area contributed by atoms with Crippen molar-refractivity contribution in [1.82, 2.24) is 9.59 Å². The van der Waals surface area contributed by atoms with E-state index in [4.69, 9.17) is 4.74 Å². The van der Waals surface area contributed by atoms with Crippen LogP contribution in [0.3, 0.4) is 0 Å². The van der Waals surface area contributed by atoms with Crippen molar-refractivity contribution in [3.63, 3.8) is 0 Å². The second-order valence-electron chi connectivity index (χ2n) is 3.92. The molecule has 0 saturated heterocycles. The Balaban J connectivity index is 2.29. The molecule has 102 valence electrons. The number of hydrogen-bond donors (Lipinski definition) is 0. The van der Waals surface area contributed by atoms with Crippen molar-refractivity contribution < 1.29 is 13.2 Å². The van der Waals surface area contributed by atoms with Gasteiger partial charge in [0.1, 0.15) is 11.0 Å². The van der Waals surface area contributed by atoms with Crippen LogP contribution in [0.15, 0.2) is 34.5 Å². The quantitative estimate of drug-likeness (QED) is 0.848. The van der Waals surface area contributed by atoms with Gasteiger partial charge >= 0.3 is 0 Å². The molecule has 0 saturated carbocycles. The Bertz CT molecular complexity index is 622. The molecule has 5 nitrogen and oxygen atoms in total. The lowest BCUT2D eigenvalue weighted by Crippen LogP contribution is -2.11. The van der Waals surface area contributed by atoms with E-state index in [1.807, 2.05) is 6.92 Å². The summed E-state index contributed by atoms with van der Waals surface area (Å²) in [7, 11) is -3.45. The van der Waals surface area contributed by atoms with Gasteiger partial charge in [-0.1, -0.05) is 4.49 Å². The van der Waals surface area contributed by atoms with Gasteiger partial charge in [-0.2, -0.15) is 0 Å². The minimum absolute atomic E-state index is 0.261. The number of benzene rings is 1. The Morgan fingerprint density at radius 3 is 2.53 bits per heavy atom. The number of rotatable bonds is 5. The average Bonchev–Trinajstić information content (AvgIpc) is 2.92. The maximum atomic E-state index is 12.4. The molecule has 19 heavy (non-hydrogen) atoms. The molecule has 0 aliphatic rings. The van der Waals surface area contributed by atoms with E-state index in [1.54, 1.807) is 36.6 Å². The molecule has 0 radical (unpaired) electrons. The van der Waals surface area contributed by atoms with Crippen LogP contribution < -0.4 is 4.74 Å². The minimum Gasteiger partial charge on any atom is -0.494 e. The Hall–Kier alpha value is -1.47. The molecule has 1 heterocycles. The van der Waals surface area contributed by atoms with Crippen molar-refractivity contribution in [1.29, 1.82) is 0 Å². The van der Waals surface area contributed by atoms with Crippen LogP contribution in [-0.2, 0) is 9.84 Å². The first-order chi connectivity index (χ1) is 9.05. The smallest absolute Gasteiger partial charge is 0.186 e. The number of aromatic nitrogens is 2. The molecule has 1 aromatic carbocycles. The van der Waals surface area contributed by atoms with E-state index in [0.29, 0.717) is 18.1 Å². The van der Waals surface area contributed by atoms with E-state index >= 15 is 0 Å². The molecule has 0 bridgehead atoms. The zero-order chi connectivity index (χ0) is 13.9. The summed E-state index contributed by atoms with van der Waals surface area (Å²) in [4.78, 5) is 0.261. The molecule has 1 aromatic heterocycles. The van der Waals surface area contributed by atoms with Gasteiger partial charge in [-0.15, -0.1) is 5.10 Å². The fraction of sp³-hybridized carbons (Fsp3) is 0.333. The van der Waals surface area contributed by atoms with Crippen molar-refractivity contribution in [3.8, 4) is 5.75 Å². The average molecular weight is 298 g/mol. The summed E-state index contributed by atoms with van der Waals surface area (Å²) in [6.45, 7) is 4.04. The number of ether oxygens (including phenoxy) is 1. The number of hydrogen-bond acceptors (Lipinski definition) is 6. The molecule has 0 aliphatic carbocycles. The Morgan fingerprint density at radius 2 is 2.00 bits per heavy atom. The van der Waals surface area contributed by atoms with Crippen molar-refractivity contribution in [3.05, 3.63) is 35.3 Å². The van der Waals surface area contributed by atoms with E-state index in [2.05, 4.69) is 9.59 Å². The van der Waals surface area contributed by atoms with Gasteiger partial charge in [-0.3, -0.25) is 0 Å². The molecule has 1 atom stereocenters. The topological polar surface area (TPSA) is 69.2 Å². The predicted molar refractivity (Wildman–Crippen MR) is 73.1 cm³/mol. The van der Waals surface area contributed by atoms with Crippen molar-refractivity contribution in [2.45, 2.75) is 24.0 Å². The lowest BCUT2D eigenvalue weighted by atomic mass is 10.3. The third-order valence-corrected chi connectivity index (χ3v) is 5.35. The van der Waals surface area contributed by atoms with Crippen LogP contribution in [-0.4, -0.2) is 24.6 Å². The molecule has 0 aliphatic heterocycles. The summed E-state index contributed by atoms with van der Waals surface area (Å²) in [5.41, 5.74) is 0.471. The number of sulfone groups is 1. The molecular formula is C12H14N2O3S2. The van der Waals surface area contributed by atoms with Gasteiger partial charge in [0, 0.05) is 5.38 Å². The lowest BCUT2D eigenvalue weighted by molar-refractivity contribution is 0.340. The summed E-state index contributed by atoms with van der Waals surface area (Å²) in [5.74, 6) is 0.657. The number of nitrogens with zero attached hydrogens (tertiary/aromatic N) is 2. The maximum absolute atomic E-state index is 12.4. The second-order valence-corrected chi connectivity index (χ2v) is 6.80. The van der Waals surface area contributed by atoms with Gasteiger partial charge in [0.05, 0.1) is 17.2 Å². The van der Waals surface area contributed by atoms with E-state index in [9.17, 15) is 8.42 Å². The van der Waals surface area contributed by atoms with E-state index in [0.717, 1.165) is 11.5 Å². The highest BCUT2D eigenvalue weighted by Gasteiger charge is 2.26. The predicted octanol–water partition coefficient (Wildman–Crippen LogP) is 2.47. The van der Waals surface area contributed by atoms with Crippen LogP contribution in [0.4, 0.5) is 0 Å². The fourth-order valence-corrected chi connectivity index (χ4v) is 3.60. The van der Waals surface area contributed by atoms with Gasteiger partial charge in [-0.05, 0) is 49.6 Å². The van der Waals surface area contributed by atoms with Crippen LogP contribution in [0.1, 0.15) is 24.8 Å². The Kier molecular flexibility index (Phi) is 4.16. The zero-order valence-corrected chi connectivity index (χ0v) is 12.2. The lowest BCUT2D eigenvalue weighted by Gasteiger charge is -2.11. The molecule has 0 fully saturated rings. The van der Waals surface area contributed by atoms with E-state index in [1.165, 1.54) is 0 Å². The summed E-state index contributed by atoms with van der Waals surface area (Å²) in [6.07, 6.45) is 0. The highest BCUT2D eigenvalue weighted by molar-refractivity contribution is 7.91. The molecule has 2 aromatic rings. The largest absolute Gasteiger partial charge is 0.494 e. The van der Waals surface area contributed by atoms with Gasteiger partial charge in [-0.25, -0.2) is 8.42 Å². The molecule has 7 heteroatoms. The van der Waals surface area contributed by atoms with Gasteiger partial charge in [0.2, 0.25) is 0 Å². The highest BCUT2D eigenvalue weighted by Crippen LogP contribution is 2.28. The van der Waals surface area contributed by atoms with E-state index in [-0.39, 0.29) is 4.90 Å². The van der Waals surface area contributed by atoms with Gasteiger partial charge < -0.3 is 4.74 Å². The van der Waals surface area contributed by atoms with E-state index < -0.39 is 15.1 Å². The minimum atomic E-state index is -3.45. The van der Waals surface area contributed by atoms with Gasteiger partial charge in [0.25, 0.3) is 0 Å². The summed E-state index contributed by atoms with van der Waals surface area (Å²) >= 11 is 1.14. The summed E-state index contributed by atoms with van der Waals surface area (Å²) in [6, 6.07) is 6.41. The van der Waals surface area contributed by atoms with Gasteiger partial charge in [0.15, 0.2) is 9.84 Å². The first-order valence-corrected chi connectivity index (χ1v) is 8.17. The van der Waals surface area contributed by atoms with Crippen molar-refractivity contribution in [2.24, 2.45) is 0 Å². The first-order valence-electron chi connectivity index (χ1n) is 5.79. The Morgan fingerprint density at radius 1 is 1.32 bits per heavy atom. The SMILES string of the molecule is CCOc1ccc(S(=O)(=O)C(C)c2csnn2)cc1. The molecule has 1 unspecified atom stereocenters. The van der Waals surface area contributed by atoms with Crippen molar-refractivity contribution in [2.75, 3.05) is 6.61 Å². The third kappa shape index (κ3) is 2.93. The van der Waals surface area contributed by atoms with Crippen LogP contribution >= 0.6 is 11.5 Å². The Labute approximate surface area is 116 Å². The molecule has 0 amide bonds. The normalized spacial score (nSPS) is 13.2. The molecular weight excluding hydrogens is 284 g/mol. The fourth-order valence-electron chi connectivity index (χ4n) is 1.60. The van der Waals surface area contributed by atoms with Crippen LogP contribution in [0.5, 0.6) is 5.75 Å². The third-order valence-electron chi connectivity index (χ3n) is 2.72. The maximum Gasteiger partial charge on any atom is 0.186 e. The first kappa shape index (κ1) is 14.0. The van der Waals surface area contributed by atoms with Crippen molar-refractivity contribution >= 4 is 21.4 Å². The standard InChI is InChI=1S/C12H14N2O3S2/c1-3-17-10-4-6-11(7-5-10)19(15,16)9(2)12-8-18-14-13-12/h4-9H,3H2,1-2H3. The second kappa shape index (κ2) is 5.66. The molecule has 0 spiro atoms. The van der Waals surface area contributed by atoms with Crippen LogP contribution in [0.25, 0.3) is 0 Å². The highest BCUT2D eigenvalue weighted by atomic mass is 32.2. The monoisotopic (exact) mass is 298 g/mol.